The van der Waals surface area contributed by atoms with E-state index in [9.17, 15) is 9.50 Å². The number of ether oxygens (including phenoxy) is 1. The van der Waals surface area contributed by atoms with Crippen LogP contribution in [0.25, 0.3) is 11.3 Å². The number of para-hydroxylation sites is 2. The smallest absolute Gasteiger partial charge is 0.257 e. The molecule has 0 N–H and O–H groups in total. The Morgan fingerprint density at radius 2 is 1.96 bits per heavy atom. The van der Waals surface area contributed by atoms with Crippen LogP contribution < -0.4 is 14.4 Å². The summed E-state index contributed by atoms with van der Waals surface area (Å²) in [6, 6.07) is 13.6. The van der Waals surface area contributed by atoms with E-state index in [-0.39, 0.29) is 30.7 Å². The molecule has 1 aliphatic rings. The molecule has 3 aromatic rings. The molecule has 7 heteroatoms. The molecule has 0 saturated carbocycles. The molecule has 0 spiro atoms. The molecule has 146 valence electrons. The quantitative estimate of drug-likeness (QED) is 0.375. The SMILES string of the molecule is COc1ccccc1N=C([O-])C[n+]1cc(-c2ccc(F)cc2)n2c1CCC2.Cl. The number of benzene rings is 2. The van der Waals surface area contributed by atoms with Gasteiger partial charge < -0.3 is 9.84 Å². The van der Waals surface area contributed by atoms with Crippen molar-refractivity contribution in [2.45, 2.75) is 25.9 Å². The molecule has 4 rings (SSSR count). The Kier molecular flexibility index (Phi) is 5.99. The average Bonchev–Trinajstić information content (AvgIpc) is 3.27. The molecule has 2 aromatic carbocycles. The van der Waals surface area contributed by atoms with Gasteiger partial charge in [-0.05, 0) is 42.8 Å². The van der Waals surface area contributed by atoms with Gasteiger partial charge in [0, 0.05) is 11.5 Å². The van der Waals surface area contributed by atoms with Crippen molar-refractivity contribution in [2.75, 3.05) is 7.11 Å². The van der Waals surface area contributed by atoms with Crippen molar-refractivity contribution in [3.8, 4) is 17.0 Å². The minimum atomic E-state index is -0.259. The number of aliphatic imine (C=N–C) groups is 1. The van der Waals surface area contributed by atoms with Crippen LogP contribution in [0.4, 0.5) is 10.1 Å². The molecule has 0 radical (unpaired) electrons. The van der Waals surface area contributed by atoms with Crippen LogP contribution in [0, 0.1) is 5.82 Å². The normalized spacial score (nSPS) is 13.1. The number of rotatable bonds is 5. The predicted molar refractivity (Wildman–Crippen MR) is 106 cm³/mol. The summed E-state index contributed by atoms with van der Waals surface area (Å²) in [6.07, 6.45) is 3.89. The molecular weight excluding hydrogens is 381 g/mol. The second-order valence-corrected chi connectivity index (χ2v) is 6.50. The van der Waals surface area contributed by atoms with Crippen molar-refractivity contribution in [3.63, 3.8) is 0 Å². The highest BCUT2D eigenvalue weighted by molar-refractivity contribution is 5.85. The first kappa shape index (κ1) is 19.9. The van der Waals surface area contributed by atoms with Gasteiger partial charge in [-0.3, -0.25) is 4.99 Å². The summed E-state index contributed by atoms with van der Waals surface area (Å²) in [5.74, 6) is 1.17. The third kappa shape index (κ3) is 3.87. The van der Waals surface area contributed by atoms with Gasteiger partial charge in [0.15, 0.2) is 5.69 Å². The van der Waals surface area contributed by atoms with Gasteiger partial charge in [-0.15, -0.1) is 12.4 Å². The molecule has 0 aliphatic carbocycles. The molecule has 1 aliphatic heterocycles. The maximum absolute atomic E-state index is 13.2. The third-order valence-electron chi connectivity index (χ3n) is 4.77. The van der Waals surface area contributed by atoms with E-state index in [2.05, 4.69) is 9.56 Å². The molecule has 0 atom stereocenters. The number of nitrogens with zero attached hydrogens (tertiary/aromatic N) is 3. The zero-order valence-corrected chi connectivity index (χ0v) is 16.3. The van der Waals surface area contributed by atoms with Crippen LogP contribution in [-0.2, 0) is 19.5 Å². The topological polar surface area (TPSA) is 53.5 Å². The molecule has 28 heavy (non-hydrogen) atoms. The minimum Gasteiger partial charge on any atom is -0.859 e. The van der Waals surface area contributed by atoms with E-state index in [1.165, 1.54) is 12.1 Å². The molecule has 5 nitrogen and oxygen atoms in total. The lowest BCUT2D eigenvalue weighted by Gasteiger charge is -2.10. The van der Waals surface area contributed by atoms with Crippen molar-refractivity contribution in [1.29, 1.82) is 0 Å². The number of fused-ring (bicyclic) bond motifs is 1. The van der Waals surface area contributed by atoms with E-state index < -0.39 is 0 Å². The molecule has 0 fully saturated rings. The van der Waals surface area contributed by atoms with Crippen LogP contribution >= 0.6 is 12.4 Å². The number of aromatic nitrogens is 2. The maximum Gasteiger partial charge on any atom is 0.257 e. The Hall–Kier alpha value is -2.86. The van der Waals surface area contributed by atoms with E-state index in [0.29, 0.717) is 11.4 Å². The highest BCUT2D eigenvalue weighted by Gasteiger charge is 2.28. The van der Waals surface area contributed by atoms with Crippen LogP contribution in [0.3, 0.4) is 0 Å². The summed E-state index contributed by atoms with van der Waals surface area (Å²) < 4.78 is 22.6. The molecule has 0 amide bonds. The lowest BCUT2D eigenvalue weighted by molar-refractivity contribution is -0.693. The first-order chi connectivity index (χ1) is 13.2. The summed E-state index contributed by atoms with van der Waals surface area (Å²) in [6.45, 7) is 1.06. The highest BCUT2D eigenvalue weighted by Crippen LogP contribution is 2.27. The Labute approximate surface area is 169 Å². The van der Waals surface area contributed by atoms with Gasteiger partial charge in [0.05, 0.1) is 20.1 Å². The Morgan fingerprint density at radius 1 is 1.21 bits per heavy atom. The maximum atomic E-state index is 13.2. The van der Waals surface area contributed by atoms with E-state index in [4.69, 9.17) is 4.74 Å². The van der Waals surface area contributed by atoms with Gasteiger partial charge >= 0.3 is 0 Å². The van der Waals surface area contributed by atoms with Crippen LogP contribution in [-0.4, -0.2) is 17.6 Å². The minimum absolute atomic E-state index is 0. The van der Waals surface area contributed by atoms with Crippen molar-refractivity contribution < 1.29 is 18.8 Å². The average molecular weight is 402 g/mol. The number of hydrogen-bond acceptors (Lipinski definition) is 3. The van der Waals surface area contributed by atoms with E-state index >= 15 is 0 Å². The molecule has 0 bridgehead atoms. The Balaban J connectivity index is 0.00000225. The summed E-state index contributed by atoms with van der Waals surface area (Å²) in [7, 11) is 1.56. The van der Waals surface area contributed by atoms with Gasteiger partial charge in [-0.2, -0.15) is 0 Å². The van der Waals surface area contributed by atoms with Crippen molar-refractivity contribution >= 4 is 24.0 Å². The van der Waals surface area contributed by atoms with Gasteiger partial charge in [0.2, 0.25) is 0 Å². The second kappa shape index (κ2) is 8.44. The van der Waals surface area contributed by atoms with Crippen LogP contribution in [0.5, 0.6) is 5.75 Å². The molecule has 1 aromatic heterocycles. The lowest BCUT2D eigenvalue weighted by atomic mass is 10.1. The Morgan fingerprint density at radius 3 is 2.71 bits per heavy atom. The molecular formula is C21H21ClFN3O2. The van der Waals surface area contributed by atoms with Crippen molar-refractivity contribution in [2.24, 2.45) is 4.99 Å². The van der Waals surface area contributed by atoms with Crippen LogP contribution in [0.15, 0.2) is 59.7 Å². The van der Waals surface area contributed by atoms with E-state index in [0.717, 1.165) is 36.5 Å². The zero-order chi connectivity index (χ0) is 18.8. The largest absolute Gasteiger partial charge is 0.859 e. The fourth-order valence-corrected chi connectivity index (χ4v) is 3.53. The predicted octanol–water partition coefficient (Wildman–Crippen LogP) is 3.05. The van der Waals surface area contributed by atoms with Crippen molar-refractivity contribution in [3.05, 3.63) is 66.4 Å². The Bertz CT molecular complexity index is 999. The molecule has 2 heterocycles. The molecule has 0 saturated heterocycles. The summed E-state index contributed by atoms with van der Waals surface area (Å²) in [5.41, 5.74) is 2.46. The van der Waals surface area contributed by atoms with Crippen molar-refractivity contribution in [1.82, 2.24) is 4.57 Å². The fraction of sp³-hybridized carbons (Fsp3) is 0.238. The second-order valence-electron chi connectivity index (χ2n) is 6.50. The van der Waals surface area contributed by atoms with Crippen LogP contribution in [0.1, 0.15) is 12.2 Å². The number of hydrogen-bond donors (Lipinski definition) is 0. The first-order valence-corrected chi connectivity index (χ1v) is 8.91. The summed E-state index contributed by atoms with van der Waals surface area (Å²) >= 11 is 0. The van der Waals surface area contributed by atoms with Gasteiger partial charge in [0.25, 0.3) is 5.82 Å². The number of halogens is 2. The monoisotopic (exact) mass is 401 g/mol. The summed E-state index contributed by atoms with van der Waals surface area (Å²) in [5, 5.41) is 12.5. The van der Waals surface area contributed by atoms with Crippen LogP contribution in [0.2, 0.25) is 0 Å². The van der Waals surface area contributed by atoms with Gasteiger partial charge in [-0.25, -0.2) is 13.5 Å². The zero-order valence-electron chi connectivity index (χ0n) is 15.5. The third-order valence-corrected chi connectivity index (χ3v) is 4.77. The lowest BCUT2D eigenvalue weighted by Crippen LogP contribution is -2.43. The first-order valence-electron chi connectivity index (χ1n) is 8.91. The van der Waals surface area contributed by atoms with E-state index in [1.807, 2.05) is 22.9 Å². The molecule has 0 unspecified atom stereocenters. The summed E-state index contributed by atoms with van der Waals surface area (Å²) in [4.78, 5) is 4.20. The highest BCUT2D eigenvalue weighted by atomic mass is 35.5. The van der Waals surface area contributed by atoms with Gasteiger partial charge in [-0.1, -0.05) is 12.1 Å². The fourth-order valence-electron chi connectivity index (χ4n) is 3.53. The standard InChI is InChI=1S/C21H20FN3O2.ClH/c1-27-19-6-3-2-5-17(19)23-20(26)14-24-13-18(25-12-4-7-21(24)25)15-8-10-16(22)11-9-15;/h2-3,5-6,8-11,13H,4,7,12,14H2,1H3;1H. The van der Waals surface area contributed by atoms with E-state index in [1.54, 1.807) is 31.4 Å². The number of imidazole rings is 1. The van der Waals surface area contributed by atoms with Gasteiger partial charge in [0.1, 0.15) is 30.0 Å². The number of methoxy groups -OCH3 is 1.